The number of anilines is 1. The van der Waals surface area contributed by atoms with Gasteiger partial charge in [0.05, 0.1) is 22.8 Å². The van der Waals surface area contributed by atoms with Gasteiger partial charge in [-0.2, -0.15) is 0 Å². The van der Waals surface area contributed by atoms with Gasteiger partial charge in [-0.3, -0.25) is 9.20 Å². The van der Waals surface area contributed by atoms with Gasteiger partial charge in [0.1, 0.15) is 5.82 Å². The third-order valence-corrected chi connectivity index (χ3v) is 5.83. The molecule has 0 unspecified atom stereocenters. The fourth-order valence-corrected chi connectivity index (χ4v) is 4.03. The molecule has 0 aliphatic rings. The largest absolute Gasteiger partial charge is 0.324 e. The Morgan fingerprint density at radius 3 is 2.79 bits per heavy atom. The number of benzene rings is 2. The van der Waals surface area contributed by atoms with E-state index in [1.807, 2.05) is 16.0 Å². The monoisotopic (exact) mass is 413 g/mol. The lowest BCUT2D eigenvalue weighted by atomic mass is 10.0. The number of thiazole rings is 1. The van der Waals surface area contributed by atoms with Gasteiger partial charge in [0.2, 0.25) is 5.91 Å². The second kappa shape index (κ2) is 7.37. The smallest absolute Gasteiger partial charge is 0.230 e. The number of hydrogen-bond acceptors (Lipinski definition) is 3. The number of nitrogens with zero attached hydrogens (tertiary/aromatic N) is 2. The molecule has 2 aromatic heterocycles. The normalized spacial score (nSPS) is 11.1. The lowest BCUT2D eigenvalue weighted by Crippen LogP contribution is -2.15. The van der Waals surface area contributed by atoms with Crippen LogP contribution in [0.2, 0.25) is 5.02 Å². The fraction of sp³-hybridized carbons (Fsp3) is 0.143. The van der Waals surface area contributed by atoms with Crippen molar-refractivity contribution in [3.8, 4) is 11.3 Å². The van der Waals surface area contributed by atoms with E-state index >= 15 is 0 Å². The average Bonchev–Trinajstić information content (AvgIpc) is 3.22. The highest BCUT2D eigenvalue weighted by molar-refractivity contribution is 7.15. The summed E-state index contributed by atoms with van der Waals surface area (Å²) in [7, 11) is 0. The van der Waals surface area contributed by atoms with Crippen molar-refractivity contribution < 1.29 is 9.18 Å². The number of aromatic nitrogens is 2. The standard InChI is InChI=1S/C21H17ClFN3OS/c1-12-3-4-14(7-13(12)2)19-10-26-16(11-28-21(26)25-19)9-20(27)24-18-6-5-15(23)8-17(18)22/h3-8,10-11H,9H2,1-2H3,(H,24,27). The van der Waals surface area contributed by atoms with Crippen molar-refractivity contribution in [1.82, 2.24) is 9.38 Å². The minimum atomic E-state index is -0.445. The van der Waals surface area contributed by atoms with E-state index in [9.17, 15) is 9.18 Å². The summed E-state index contributed by atoms with van der Waals surface area (Å²) >= 11 is 7.46. The van der Waals surface area contributed by atoms with Crippen LogP contribution in [0.15, 0.2) is 48.0 Å². The Hall–Kier alpha value is -2.70. The van der Waals surface area contributed by atoms with Gasteiger partial charge < -0.3 is 5.32 Å². The van der Waals surface area contributed by atoms with Gasteiger partial charge in [0.25, 0.3) is 0 Å². The molecule has 4 nitrogen and oxygen atoms in total. The molecule has 7 heteroatoms. The fourth-order valence-electron chi connectivity index (χ4n) is 2.95. The summed E-state index contributed by atoms with van der Waals surface area (Å²) in [5.74, 6) is -0.672. The third kappa shape index (κ3) is 3.66. The molecule has 4 rings (SSSR count). The first-order chi connectivity index (χ1) is 13.4. The number of halogens is 2. The van der Waals surface area contributed by atoms with E-state index in [-0.39, 0.29) is 17.4 Å². The predicted molar refractivity (Wildman–Crippen MR) is 112 cm³/mol. The molecule has 0 fully saturated rings. The first-order valence-electron chi connectivity index (χ1n) is 8.69. The Morgan fingerprint density at radius 2 is 2.04 bits per heavy atom. The van der Waals surface area contributed by atoms with Gasteiger partial charge in [-0.15, -0.1) is 11.3 Å². The molecule has 1 N–H and O–H groups in total. The van der Waals surface area contributed by atoms with Crippen molar-refractivity contribution in [1.29, 1.82) is 0 Å². The van der Waals surface area contributed by atoms with Gasteiger partial charge in [-0.25, -0.2) is 9.37 Å². The van der Waals surface area contributed by atoms with E-state index in [1.165, 1.54) is 40.7 Å². The molecule has 0 aliphatic heterocycles. The predicted octanol–water partition coefficient (Wildman–Crippen LogP) is 5.65. The number of carbonyl (C=O) groups excluding carboxylic acids is 1. The summed E-state index contributed by atoms with van der Waals surface area (Å²) in [4.78, 5) is 17.9. The summed E-state index contributed by atoms with van der Waals surface area (Å²) in [6, 6.07) is 10.1. The molecular formula is C21H17ClFN3OS. The Bertz CT molecular complexity index is 1200. The van der Waals surface area contributed by atoms with Crippen LogP contribution in [0.4, 0.5) is 10.1 Å². The summed E-state index contributed by atoms with van der Waals surface area (Å²) in [5.41, 5.74) is 5.59. The van der Waals surface area contributed by atoms with E-state index in [1.54, 1.807) is 0 Å². The number of fused-ring (bicyclic) bond motifs is 1. The minimum absolute atomic E-state index is 0.163. The molecule has 0 radical (unpaired) electrons. The van der Waals surface area contributed by atoms with Gasteiger partial charge in [0, 0.05) is 22.8 Å². The maximum absolute atomic E-state index is 13.1. The number of amides is 1. The number of rotatable bonds is 4. The lowest BCUT2D eigenvalue weighted by Gasteiger charge is -2.07. The number of carbonyl (C=O) groups is 1. The van der Waals surface area contributed by atoms with Crippen LogP contribution in [0.3, 0.4) is 0 Å². The van der Waals surface area contributed by atoms with Crippen LogP contribution < -0.4 is 5.32 Å². The van der Waals surface area contributed by atoms with Crippen LogP contribution in [-0.4, -0.2) is 15.3 Å². The van der Waals surface area contributed by atoms with Gasteiger partial charge in [-0.05, 0) is 49.2 Å². The molecule has 142 valence electrons. The zero-order chi connectivity index (χ0) is 19.8. The van der Waals surface area contributed by atoms with Crippen molar-refractivity contribution in [2.45, 2.75) is 20.3 Å². The van der Waals surface area contributed by atoms with E-state index in [2.05, 4.69) is 42.3 Å². The van der Waals surface area contributed by atoms with Gasteiger partial charge in [0.15, 0.2) is 4.96 Å². The van der Waals surface area contributed by atoms with Crippen LogP contribution in [0.5, 0.6) is 0 Å². The summed E-state index contributed by atoms with van der Waals surface area (Å²) < 4.78 is 15.1. The lowest BCUT2D eigenvalue weighted by molar-refractivity contribution is -0.115. The molecule has 0 saturated carbocycles. The molecule has 0 bridgehead atoms. The van der Waals surface area contributed by atoms with Crippen molar-refractivity contribution in [2.24, 2.45) is 0 Å². The maximum Gasteiger partial charge on any atom is 0.230 e. The van der Waals surface area contributed by atoms with E-state index in [0.717, 1.165) is 21.9 Å². The van der Waals surface area contributed by atoms with Gasteiger partial charge >= 0.3 is 0 Å². The summed E-state index contributed by atoms with van der Waals surface area (Å²) in [5, 5.41) is 4.81. The van der Waals surface area contributed by atoms with Crippen LogP contribution in [-0.2, 0) is 11.2 Å². The Labute approximate surface area is 170 Å². The molecule has 0 aliphatic carbocycles. The first kappa shape index (κ1) is 18.7. The SMILES string of the molecule is Cc1ccc(-c2cn3c(CC(=O)Nc4ccc(F)cc4Cl)csc3n2)cc1C. The molecule has 2 heterocycles. The highest BCUT2D eigenvalue weighted by atomic mass is 35.5. The first-order valence-corrected chi connectivity index (χ1v) is 9.94. The minimum Gasteiger partial charge on any atom is -0.324 e. The highest BCUT2D eigenvalue weighted by Gasteiger charge is 2.14. The van der Waals surface area contributed by atoms with Gasteiger partial charge in [-0.1, -0.05) is 23.7 Å². The molecule has 1 amide bonds. The van der Waals surface area contributed by atoms with E-state index in [0.29, 0.717) is 5.69 Å². The maximum atomic E-state index is 13.1. The Kier molecular flexibility index (Phi) is 4.91. The molecular weight excluding hydrogens is 397 g/mol. The van der Waals surface area contributed by atoms with Crippen molar-refractivity contribution in [3.05, 3.63) is 75.6 Å². The van der Waals surface area contributed by atoms with Crippen molar-refractivity contribution in [3.63, 3.8) is 0 Å². The zero-order valence-electron chi connectivity index (χ0n) is 15.3. The van der Waals surface area contributed by atoms with Crippen LogP contribution >= 0.6 is 22.9 Å². The van der Waals surface area contributed by atoms with Crippen LogP contribution in [0.1, 0.15) is 16.8 Å². The molecule has 0 saturated heterocycles. The zero-order valence-corrected chi connectivity index (χ0v) is 16.9. The van der Waals surface area contributed by atoms with E-state index < -0.39 is 5.82 Å². The number of nitrogens with one attached hydrogen (secondary N) is 1. The number of imidazole rings is 1. The van der Waals surface area contributed by atoms with Crippen LogP contribution in [0.25, 0.3) is 16.2 Å². The second-order valence-electron chi connectivity index (χ2n) is 6.65. The third-order valence-electron chi connectivity index (χ3n) is 4.63. The molecule has 28 heavy (non-hydrogen) atoms. The molecule has 0 atom stereocenters. The summed E-state index contributed by atoms with van der Waals surface area (Å²) in [6.45, 7) is 4.16. The average molecular weight is 414 g/mol. The quantitative estimate of drug-likeness (QED) is 0.469. The number of hydrogen-bond donors (Lipinski definition) is 1. The van der Waals surface area contributed by atoms with E-state index in [4.69, 9.17) is 11.6 Å². The Morgan fingerprint density at radius 1 is 1.21 bits per heavy atom. The Balaban J connectivity index is 1.56. The topological polar surface area (TPSA) is 46.4 Å². The summed E-state index contributed by atoms with van der Waals surface area (Å²) in [6.07, 6.45) is 2.11. The van der Waals surface area contributed by atoms with Crippen LogP contribution in [0, 0.1) is 19.7 Å². The van der Waals surface area contributed by atoms with Crippen molar-refractivity contribution in [2.75, 3.05) is 5.32 Å². The molecule has 4 aromatic rings. The molecule has 2 aromatic carbocycles. The highest BCUT2D eigenvalue weighted by Crippen LogP contribution is 2.26. The number of aryl methyl sites for hydroxylation is 2. The van der Waals surface area contributed by atoms with Crippen molar-refractivity contribution >= 4 is 39.5 Å². The molecule has 0 spiro atoms. The second-order valence-corrected chi connectivity index (χ2v) is 7.90.